The van der Waals surface area contributed by atoms with E-state index in [1.54, 1.807) is 0 Å². The van der Waals surface area contributed by atoms with Crippen LogP contribution in [0.2, 0.25) is 0 Å². The molecule has 1 aromatic heterocycles. The topological polar surface area (TPSA) is 17.8 Å². The number of rotatable bonds is 3. The molecule has 0 radical (unpaired) electrons. The molecule has 2 aromatic rings. The van der Waals surface area contributed by atoms with Crippen LogP contribution in [0.15, 0.2) is 24.3 Å². The minimum Gasteiger partial charge on any atom is -0.328 e. The van der Waals surface area contributed by atoms with Gasteiger partial charge in [0, 0.05) is 12.0 Å². The molecule has 1 fully saturated rings. The number of fused-ring (bicyclic) bond motifs is 1. The van der Waals surface area contributed by atoms with Crippen molar-refractivity contribution in [2.24, 2.45) is 5.92 Å². The molecule has 0 aliphatic heterocycles. The van der Waals surface area contributed by atoms with Crippen LogP contribution >= 0.6 is 0 Å². The van der Waals surface area contributed by atoms with Crippen molar-refractivity contribution in [1.82, 2.24) is 9.55 Å². The lowest BCUT2D eigenvalue weighted by Gasteiger charge is -2.24. The molecule has 2 nitrogen and oxygen atoms in total. The van der Waals surface area contributed by atoms with E-state index in [2.05, 4.69) is 49.6 Å². The first-order valence-corrected chi connectivity index (χ1v) is 8.51. The lowest BCUT2D eigenvalue weighted by Crippen LogP contribution is -2.20. The Balaban J connectivity index is 1.88. The summed E-state index contributed by atoms with van der Waals surface area (Å²) in [5.41, 5.74) is 2.55. The van der Waals surface area contributed by atoms with Gasteiger partial charge < -0.3 is 4.57 Å². The predicted octanol–water partition coefficient (Wildman–Crippen LogP) is 5.30. The van der Waals surface area contributed by atoms with Crippen molar-refractivity contribution in [3.8, 4) is 0 Å². The van der Waals surface area contributed by atoms with E-state index in [-0.39, 0.29) is 5.41 Å². The largest absolute Gasteiger partial charge is 0.328 e. The van der Waals surface area contributed by atoms with Gasteiger partial charge in [0.25, 0.3) is 0 Å². The van der Waals surface area contributed by atoms with Gasteiger partial charge in [-0.3, -0.25) is 0 Å². The molecular formula is C19H28N2. The molecule has 1 saturated carbocycles. The summed E-state index contributed by atoms with van der Waals surface area (Å²) >= 11 is 0. The van der Waals surface area contributed by atoms with Crippen molar-refractivity contribution < 1.29 is 0 Å². The lowest BCUT2D eigenvalue weighted by molar-refractivity contribution is 0.321. The summed E-state index contributed by atoms with van der Waals surface area (Å²) in [6, 6.07) is 8.58. The molecule has 1 aliphatic carbocycles. The fourth-order valence-corrected chi connectivity index (χ4v) is 3.66. The zero-order valence-corrected chi connectivity index (χ0v) is 13.7. The molecule has 1 heterocycles. The Labute approximate surface area is 128 Å². The van der Waals surface area contributed by atoms with Crippen LogP contribution in [0.4, 0.5) is 0 Å². The van der Waals surface area contributed by atoms with E-state index in [0.29, 0.717) is 0 Å². The number of aromatic nitrogens is 2. The second kappa shape index (κ2) is 5.82. The van der Waals surface area contributed by atoms with Gasteiger partial charge in [-0.05, 0) is 24.5 Å². The van der Waals surface area contributed by atoms with E-state index in [1.807, 2.05) is 0 Å². The molecule has 0 unspecified atom stereocenters. The standard InChI is InChI=1S/C19H28N2/c1-19(2,3)18-20-16-11-7-8-12-17(16)21(18)14-13-15-9-5-4-6-10-15/h7-8,11-12,15H,4-6,9-10,13-14H2,1-3H3. The first-order valence-electron chi connectivity index (χ1n) is 8.51. The SMILES string of the molecule is CC(C)(C)c1nc2ccccc2n1CCC1CCCCC1. The highest BCUT2D eigenvalue weighted by atomic mass is 15.1. The molecule has 3 rings (SSSR count). The number of para-hydroxylation sites is 2. The molecule has 1 aromatic carbocycles. The normalized spacial score (nSPS) is 17.5. The highest BCUT2D eigenvalue weighted by molar-refractivity contribution is 5.76. The molecule has 2 heteroatoms. The van der Waals surface area contributed by atoms with Crippen molar-refractivity contribution in [2.45, 2.75) is 71.3 Å². The molecular weight excluding hydrogens is 256 g/mol. The summed E-state index contributed by atoms with van der Waals surface area (Å²) in [6.45, 7) is 7.93. The minimum absolute atomic E-state index is 0.103. The zero-order chi connectivity index (χ0) is 14.9. The molecule has 0 N–H and O–H groups in total. The number of benzene rings is 1. The maximum atomic E-state index is 4.91. The third-order valence-electron chi connectivity index (χ3n) is 4.81. The Morgan fingerprint density at radius 2 is 1.81 bits per heavy atom. The maximum absolute atomic E-state index is 4.91. The molecule has 0 spiro atoms. The van der Waals surface area contributed by atoms with Crippen molar-refractivity contribution >= 4 is 11.0 Å². The van der Waals surface area contributed by atoms with Crippen LogP contribution in [-0.4, -0.2) is 9.55 Å². The number of hydrogen-bond donors (Lipinski definition) is 0. The second-order valence-corrected chi connectivity index (χ2v) is 7.62. The Kier molecular flexibility index (Phi) is 4.05. The van der Waals surface area contributed by atoms with E-state index in [4.69, 9.17) is 4.98 Å². The van der Waals surface area contributed by atoms with Crippen LogP contribution in [0, 0.1) is 5.92 Å². The third-order valence-corrected chi connectivity index (χ3v) is 4.81. The van der Waals surface area contributed by atoms with Gasteiger partial charge in [0.1, 0.15) is 5.82 Å². The number of imidazole rings is 1. The van der Waals surface area contributed by atoms with Crippen LogP contribution in [0.1, 0.15) is 65.1 Å². The average Bonchev–Trinajstić information content (AvgIpc) is 2.85. The molecule has 21 heavy (non-hydrogen) atoms. The van der Waals surface area contributed by atoms with E-state index in [1.165, 1.54) is 49.9 Å². The highest BCUT2D eigenvalue weighted by Crippen LogP contribution is 2.30. The first kappa shape index (κ1) is 14.6. The van der Waals surface area contributed by atoms with Crippen molar-refractivity contribution in [3.05, 3.63) is 30.1 Å². The maximum Gasteiger partial charge on any atom is 0.115 e. The summed E-state index contributed by atoms with van der Waals surface area (Å²) in [4.78, 5) is 4.91. The summed E-state index contributed by atoms with van der Waals surface area (Å²) < 4.78 is 2.48. The van der Waals surface area contributed by atoms with Gasteiger partial charge in [0.15, 0.2) is 0 Å². The van der Waals surface area contributed by atoms with E-state index >= 15 is 0 Å². The third kappa shape index (κ3) is 3.14. The van der Waals surface area contributed by atoms with Gasteiger partial charge >= 0.3 is 0 Å². The van der Waals surface area contributed by atoms with E-state index in [0.717, 1.165) is 18.0 Å². The highest BCUT2D eigenvalue weighted by Gasteiger charge is 2.23. The van der Waals surface area contributed by atoms with E-state index < -0.39 is 0 Å². The van der Waals surface area contributed by atoms with Crippen LogP contribution in [0.3, 0.4) is 0 Å². The van der Waals surface area contributed by atoms with Crippen molar-refractivity contribution in [1.29, 1.82) is 0 Å². The zero-order valence-electron chi connectivity index (χ0n) is 13.7. The quantitative estimate of drug-likeness (QED) is 0.747. The van der Waals surface area contributed by atoms with Crippen molar-refractivity contribution in [2.75, 3.05) is 0 Å². The Morgan fingerprint density at radius 3 is 2.52 bits per heavy atom. The summed E-state index contributed by atoms with van der Waals surface area (Å²) in [6.07, 6.45) is 8.47. The summed E-state index contributed by atoms with van der Waals surface area (Å²) in [7, 11) is 0. The predicted molar refractivity (Wildman–Crippen MR) is 89.6 cm³/mol. The Morgan fingerprint density at radius 1 is 1.10 bits per heavy atom. The average molecular weight is 284 g/mol. The number of hydrogen-bond acceptors (Lipinski definition) is 1. The van der Waals surface area contributed by atoms with Gasteiger partial charge in [-0.15, -0.1) is 0 Å². The summed E-state index contributed by atoms with van der Waals surface area (Å²) in [5.74, 6) is 2.16. The van der Waals surface area contributed by atoms with Crippen LogP contribution in [0.5, 0.6) is 0 Å². The van der Waals surface area contributed by atoms with Gasteiger partial charge in [-0.1, -0.05) is 65.0 Å². The molecule has 1 aliphatic rings. The number of nitrogens with zero attached hydrogens (tertiary/aromatic N) is 2. The van der Waals surface area contributed by atoms with Gasteiger partial charge in [-0.2, -0.15) is 0 Å². The molecule has 0 bridgehead atoms. The van der Waals surface area contributed by atoms with Crippen LogP contribution in [-0.2, 0) is 12.0 Å². The van der Waals surface area contributed by atoms with Crippen LogP contribution < -0.4 is 0 Å². The summed E-state index contributed by atoms with van der Waals surface area (Å²) in [5, 5.41) is 0. The first-order chi connectivity index (χ1) is 10.1. The van der Waals surface area contributed by atoms with Gasteiger partial charge in [0.05, 0.1) is 11.0 Å². The number of aryl methyl sites for hydroxylation is 1. The van der Waals surface area contributed by atoms with Gasteiger partial charge in [-0.25, -0.2) is 4.98 Å². The minimum atomic E-state index is 0.103. The molecule has 114 valence electrons. The van der Waals surface area contributed by atoms with E-state index in [9.17, 15) is 0 Å². The molecule has 0 saturated heterocycles. The fraction of sp³-hybridized carbons (Fsp3) is 0.632. The Bertz CT molecular complexity index is 598. The monoisotopic (exact) mass is 284 g/mol. The lowest BCUT2D eigenvalue weighted by atomic mass is 9.87. The smallest absolute Gasteiger partial charge is 0.115 e. The van der Waals surface area contributed by atoms with Gasteiger partial charge in [0.2, 0.25) is 0 Å². The molecule has 0 amide bonds. The van der Waals surface area contributed by atoms with Crippen molar-refractivity contribution in [3.63, 3.8) is 0 Å². The second-order valence-electron chi connectivity index (χ2n) is 7.62. The molecule has 0 atom stereocenters. The Hall–Kier alpha value is -1.31. The van der Waals surface area contributed by atoms with Crippen LogP contribution in [0.25, 0.3) is 11.0 Å². The fourth-order valence-electron chi connectivity index (χ4n) is 3.66.